The number of carbonyl (C=O) groups is 2. The number of methoxy groups -OCH3 is 1. The molecule has 4 rings (SSSR count). The highest BCUT2D eigenvalue weighted by molar-refractivity contribution is 9.10. The summed E-state index contributed by atoms with van der Waals surface area (Å²) in [5, 5.41) is -0.408. The minimum Gasteiger partial charge on any atom is -0.495 e. The molecule has 3 aromatic carbocycles. The van der Waals surface area contributed by atoms with Crippen LogP contribution in [0.1, 0.15) is 11.1 Å². The number of para-hydroxylation sites is 2. The Kier molecular flexibility index (Phi) is 6.62. The zero-order valence-corrected chi connectivity index (χ0v) is 19.3. The van der Waals surface area contributed by atoms with Crippen molar-refractivity contribution in [1.29, 1.82) is 0 Å². The molecule has 3 aromatic rings. The molecule has 0 unspecified atom stereocenters. The number of rotatable bonds is 6. The summed E-state index contributed by atoms with van der Waals surface area (Å²) in [7, 11) is 1.49. The standard InChI is InChI=1S/C24H17BrFNO4S/c1-30-21-5-3-2-4-19(21)27-23(28)22(32-24(27)29)13-16-12-17(25)8-11-20(16)31-14-15-6-9-18(26)10-7-15/h2-13H,14H2,1H3/b22-13-. The van der Waals surface area contributed by atoms with Gasteiger partial charge >= 0.3 is 0 Å². The maximum absolute atomic E-state index is 13.1. The molecule has 5 nitrogen and oxygen atoms in total. The Balaban J connectivity index is 1.62. The number of halogens is 2. The third-order valence-corrected chi connectivity index (χ3v) is 6.05. The second-order valence-electron chi connectivity index (χ2n) is 6.79. The molecule has 0 aliphatic carbocycles. The Morgan fingerprint density at radius 2 is 1.78 bits per heavy atom. The zero-order chi connectivity index (χ0) is 22.7. The van der Waals surface area contributed by atoms with Crippen LogP contribution < -0.4 is 14.4 Å². The smallest absolute Gasteiger partial charge is 0.298 e. The minimum absolute atomic E-state index is 0.228. The van der Waals surface area contributed by atoms with Crippen LogP contribution in [0.2, 0.25) is 0 Å². The largest absolute Gasteiger partial charge is 0.495 e. The molecule has 32 heavy (non-hydrogen) atoms. The molecule has 8 heteroatoms. The molecule has 0 aromatic heterocycles. The van der Waals surface area contributed by atoms with E-state index in [-0.39, 0.29) is 17.3 Å². The number of nitrogens with zero attached hydrogens (tertiary/aromatic N) is 1. The van der Waals surface area contributed by atoms with Crippen LogP contribution in [0.25, 0.3) is 6.08 Å². The van der Waals surface area contributed by atoms with E-state index in [0.717, 1.165) is 26.7 Å². The Hall–Kier alpha value is -3.10. The molecule has 1 heterocycles. The lowest BCUT2D eigenvalue weighted by Crippen LogP contribution is -2.28. The summed E-state index contributed by atoms with van der Waals surface area (Å²) in [5.41, 5.74) is 1.83. The van der Waals surface area contributed by atoms with Crippen LogP contribution in [0.4, 0.5) is 14.9 Å². The van der Waals surface area contributed by atoms with Gasteiger partial charge in [0.15, 0.2) is 0 Å². The van der Waals surface area contributed by atoms with Gasteiger partial charge in [-0.05, 0) is 65.9 Å². The molecule has 162 valence electrons. The van der Waals surface area contributed by atoms with Crippen LogP contribution in [0.5, 0.6) is 11.5 Å². The van der Waals surface area contributed by atoms with E-state index in [1.165, 1.54) is 19.2 Å². The van der Waals surface area contributed by atoms with Crippen molar-refractivity contribution in [1.82, 2.24) is 0 Å². The van der Waals surface area contributed by atoms with Gasteiger partial charge in [-0.25, -0.2) is 9.29 Å². The summed E-state index contributed by atoms with van der Waals surface area (Å²) >= 11 is 4.28. The topological polar surface area (TPSA) is 55.8 Å². The fourth-order valence-corrected chi connectivity index (χ4v) is 4.34. The second-order valence-corrected chi connectivity index (χ2v) is 8.70. The monoisotopic (exact) mass is 513 g/mol. The van der Waals surface area contributed by atoms with Gasteiger partial charge in [-0.1, -0.05) is 40.2 Å². The Morgan fingerprint density at radius 1 is 1.03 bits per heavy atom. The fraction of sp³-hybridized carbons (Fsp3) is 0.0833. The van der Waals surface area contributed by atoms with Crippen molar-refractivity contribution in [3.05, 3.63) is 93.1 Å². The van der Waals surface area contributed by atoms with Crippen molar-refractivity contribution in [2.75, 3.05) is 12.0 Å². The van der Waals surface area contributed by atoms with Crippen molar-refractivity contribution in [3.63, 3.8) is 0 Å². The molecule has 0 radical (unpaired) electrons. The normalized spacial score (nSPS) is 14.8. The van der Waals surface area contributed by atoms with Gasteiger partial charge in [0.1, 0.15) is 23.9 Å². The van der Waals surface area contributed by atoms with Gasteiger partial charge in [-0.15, -0.1) is 0 Å². The molecule has 0 saturated carbocycles. The first-order valence-electron chi connectivity index (χ1n) is 9.54. The van der Waals surface area contributed by atoms with Crippen LogP contribution in [-0.2, 0) is 11.4 Å². The van der Waals surface area contributed by atoms with E-state index in [9.17, 15) is 14.0 Å². The van der Waals surface area contributed by atoms with Crippen LogP contribution in [0, 0.1) is 5.82 Å². The lowest BCUT2D eigenvalue weighted by atomic mass is 10.1. The maximum atomic E-state index is 13.1. The molecular weight excluding hydrogens is 497 g/mol. The van der Waals surface area contributed by atoms with Gasteiger partial charge in [-0.3, -0.25) is 9.59 Å². The second kappa shape index (κ2) is 9.58. The Morgan fingerprint density at radius 3 is 2.53 bits per heavy atom. The molecule has 1 aliphatic rings. The lowest BCUT2D eigenvalue weighted by molar-refractivity contribution is -0.113. The first kappa shape index (κ1) is 22.1. The number of anilines is 1. The number of ether oxygens (including phenoxy) is 2. The summed E-state index contributed by atoms with van der Waals surface area (Å²) < 4.78 is 25.1. The highest BCUT2D eigenvalue weighted by Crippen LogP contribution is 2.40. The van der Waals surface area contributed by atoms with Crippen molar-refractivity contribution in [2.24, 2.45) is 0 Å². The number of carbonyl (C=O) groups excluding carboxylic acids is 2. The number of amides is 2. The third kappa shape index (κ3) is 4.71. The molecule has 1 saturated heterocycles. The number of thioether (sulfide) groups is 1. The first-order valence-corrected chi connectivity index (χ1v) is 11.1. The van der Waals surface area contributed by atoms with E-state index in [1.54, 1.807) is 54.6 Å². The summed E-state index contributed by atoms with van der Waals surface area (Å²) in [6, 6.07) is 18.3. The van der Waals surface area contributed by atoms with Crippen molar-refractivity contribution < 1.29 is 23.5 Å². The van der Waals surface area contributed by atoms with Crippen molar-refractivity contribution in [3.8, 4) is 11.5 Å². The van der Waals surface area contributed by atoms with Crippen molar-refractivity contribution >= 4 is 50.6 Å². The number of hydrogen-bond acceptors (Lipinski definition) is 5. The van der Waals surface area contributed by atoms with Crippen LogP contribution in [0.15, 0.2) is 76.1 Å². The van der Waals surface area contributed by atoms with Gasteiger partial charge in [-0.2, -0.15) is 0 Å². The van der Waals surface area contributed by atoms with E-state index in [0.29, 0.717) is 22.7 Å². The molecule has 2 amide bonds. The van der Waals surface area contributed by atoms with Gasteiger partial charge in [0.25, 0.3) is 11.1 Å². The average molecular weight is 514 g/mol. The molecule has 0 bridgehead atoms. The van der Waals surface area contributed by atoms with Gasteiger partial charge in [0, 0.05) is 10.0 Å². The molecule has 1 aliphatic heterocycles. The Labute approximate surface area is 197 Å². The zero-order valence-electron chi connectivity index (χ0n) is 16.9. The maximum Gasteiger partial charge on any atom is 0.298 e. The highest BCUT2D eigenvalue weighted by Gasteiger charge is 2.37. The summed E-state index contributed by atoms with van der Waals surface area (Å²) in [6.45, 7) is 0.228. The third-order valence-electron chi connectivity index (χ3n) is 4.69. The molecule has 0 atom stereocenters. The molecular formula is C24H17BrFNO4S. The van der Waals surface area contributed by atoms with Gasteiger partial charge < -0.3 is 9.47 Å². The number of imide groups is 1. The van der Waals surface area contributed by atoms with Gasteiger partial charge in [0.2, 0.25) is 0 Å². The van der Waals surface area contributed by atoms with E-state index < -0.39 is 11.1 Å². The van der Waals surface area contributed by atoms with E-state index in [1.807, 2.05) is 6.07 Å². The average Bonchev–Trinajstić information content (AvgIpc) is 3.07. The Bertz CT molecular complexity index is 1210. The lowest BCUT2D eigenvalue weighted by Gasteiger charge is -2.15. The van der Waals surface area contributed by atoms with Crippen molar-refractivity contribution in [2.45, 2.75) is 6.61 Å². The predicted molar refractivity (Wildman–Crippen MR) is 126 cm³/mol. The van der Waals surface area contributed by atoms with E-state index in [4.69, 9.17) is 9.47 Å². The summed E-state index contributed by atoms with van der Waals surface area (Å²) in [4.78, 5) is 27.1. The minimum atomic E-state index is -0.436. The van der Waals surface area contributed by atoms with E-state index in [2.05, 4.69) is 15.9 Å². The fourth-order valence-electron chi connectivity index (χ4n) is 3.14. The number of benzene rings is 3. The van der Waals surface area contributed by atoms with Crippen LogP contribution in [-0.4, -0.2) is 18.3 Å². The summed E-state index contributed by atoms with van der Waals surface area (Å²) in [5.74, 6) is 0.209. The predicted octanol–water partition coefficient (Wildman–Crippen LogP) is 6.42. The molecule has 1 fully saturated rings. The van der Waals surface area contributed by atoms with Crippen LogP contribution in [0.3, 0.4) is 0 Å². The highest BCUT2D eigenvalue weighted by atomic mass is 79.9. The SMILES string of the molecule is COc1ccccc1N1C(=O)S/C(=C\c2cc(Br)ccc2OCc2ccc(F)cc2)C1=O. The molecule has 0 spiro atoms. The number of hydrogen-bond donors (Lipinski definition) is 0. The van der Waals surface area contributed by atoms with E-state index >= 15 is 0 Å². The molecule has 0 N–H and O–H groups in total. The quantitative estimate of drug-likeness (QED) is 0.356. The first-order chi connectivity index (χ1) is 15.5. The van der Waals surface area contributed by atoms with Crippen LogP contribution >= 0.6 is 27.7 Å². The summed E-state index contributed by atoms with van der Waals surface area (Å²) in [6.07, 6.45) is 1.63. The van der Waals surface area contributed by atoms with Gasteiger partial charge in [0.05, 0.1) is 17.7 Å².